The smallest absolute Gasteiger partial charge is 0.0952 e. The zero-order chi connectivity index (χ0) is 11.0. The van der Waals surface area contributed by atoms with Gasteiger partial charge in [0.15, 0.2) is 0 Å². The highest BCUT2D eigenvalue weighted by atomic mass is 15.3. The molecule has 1 aromatic carbocycles. The van der Waals surface area contributed by atoms with Gasteiger partial charge in [-0.05, 0) is 31.9 Å². The number of hydrogen-bond acceptors (Lipinski definition) is 2. The lowest BCUT2D eigenvalue weighted by Gasteiger charge is -2.09. The van der Waals surface area contributed by atoms with Crippen molar-refractivity contribution in [3.05, 3.63) is 30.0 Å². The number of benzene rings is 1. The average Bonchev–Trinajstić information content (AvgIpc) is 2.88. The van der Waals surface area contributed by atoms with Crippen molar-refractivity contribution in [2.45, 2.75) is 32.4 Å². The first-order valence-electron chi connectivity index (χ1n) is 5.99. The molecule has 1 N–H and O–H groups in total. The summed E-state index contributed by atoms with van der Waals surface area (Å²) in [6.07, 6.45) is 4.72. The number of nitrogens with zero attached hydrogens (tertiary/aromatic N) is 2. The van der Waals surface area contributed by atoms with Gasteiger partial charge in [0.1, 0.15) is 0 Å². The van der Waals surface area contributed by atoms with Gasteiger partial charge in [-0.1, -0.05) is 18.2 Å². The van der Waals surface area contributed by atoms with Crippen LogP contribution in [0.1, 0.15) is 18.4 Å². The van der Waals surface area contributed by atoms with Crippen LogP contribution in [0, 0.1) is 6.92 Å². The topological polar surface area (TPSA) is 29.9 Å². The Hall–Kier alpha value is -1.35. The Balaban J connectivity index is 1.90. The second kappa shape index (κ2) is 3.91. The summed E-state index contributed by atoms with van der Waals surface area (Å²) in [5, 5.41) is 9.40. The lowest BCUT2D eigenvalue weighted by Crippen LogP contribution is -2.26. The third-order valence-electron chi connectivity index (χ3n) is 3.36. The lowest BCUT2D eigenvalue weighted by atomic mass is 10.2. The number of hydrogen-bond donors (Lipinski definition) is 1. The second-order valence-corrected chi connectivity index (χ2v) is 4.66. The molecule has 1 aromatic heterocycles. The Labute approximate surface area is 95.5 Å². The maximum atomic E-state index is 4.65. The Morgan fingerprint density at radius 1 is 1.50 bits per heavy atom. The first-order chi connectivity index (χ1) is 7.83. The van der Waals surface area contributed by atoms with E-state index in [0.717, 1.165) is 18.6 Å². The van der Waals surface area contributed by atoms with Crippen LogP contribution in [0.5, 0.6) is 0 Å². The normalized spacial score (nSPS) is 20.7. The van der Waals surface area contributed by atoms with E-state index < -0.39 is 0 Å². The number of fused-ring (bicyclic) bond motifs is 1. The minimum Gasteiger partial charge on any atom is -0.312 e. The highest BCUT2D eigenvalue weighted by molar-refractivity contribution is 5.81. The van der Waals surface area contributed by atoms with Gasteiger partial charge in [0.2, 0.25) is 0 Å². The highest BCUT2D eigenvalue weighted by Crippen LogP contribution is 2.17. The van der Waals surface area contributed by atoms with Crippen molar-refractivity contribution in [2.75, 3.05) is 6.54 Å². The fourth-order valence-corrected chi connectivity index (χ4v) is 2.47. The molecule has 84 valence electrons. The molecule has 3 rings (SSSR count). The largest absolute Gasteiger partial charge is 0.312 e. The van der Waals surface area contributed by atoms with Gasteiger partial charge in [0, 0.05) is 17.6 Å². The van der Waals surface area contributed by atoms with Crippen molar-refractivity contribution in [3.63, 3.8) is 0 Å². The fraction of sp³-hybridized carbons (Fsp3) is 0.462. The summed E-state index contributed by atoms with van der Waals surface area (Å²) < 4.78 is 2.08. The van der Waals surface area contributed by atoms with E-state index in [1.54, 1.807) is 0 Å². The molecule has 0 aliphatic carbocycles. The van der Waals surface area contributed by atoms with E-state index in [-0.39, 0.29) is 0 Å². The molecule has 0 saturated carbocycles. The number of rotatable bonds is 2. The van der Waals surface area contributed by atoms with Crippen LogP contribution in [0.4, 0.5) is 0 Å². The van der Waals surface area contributed by atoms with Gasteiger partial charge in [-0.25, -0.2) is 0 Å². The molecule has 1 fully saturated rings. The maximum Gasteiger partial charge on any atom is 0.0952 e. The quantitative estimate of drug-likeness (QED) is 0.831. The summed E-state index contributed by atoms with van der Waals surface area (Å²) in [6, 6.07) is 6.95. The molecular formula is C13H17N3. The zero-order valence-corrected chi connectivity index (χ0v) is 9.61. The van der Waals surface area contributed by atoms with Crippen LogP contribution >= 0.6 is 0 Å². The minimum atomic E-state index is 0.606. The van der Waals surface area contributed by atoms with Crippen LogP contribution in [0.3, 0.4) is 0 Å². The number of aromatic nitrogens is 2. The van der Waals surface area contributed by atoms with Gasteiger partial charge >= 0.3 is 0 Å². The predicted octanol–water partition coefficient (Wildman–Crippen LogP) is 2.10. The Bertz CT molecular complexity index is 495. The molecule has 1 atom stereocenters. The first kappa shape index (κ1) is 9.85. The SMILES string of the molecule is Cc1cccc2cn(CC3CCCN3)nc12. The molecule has 16 heavy (non-hydrogen) atoms. The van der Waals surface area contributed by atoms with Crippen LogP contribution in [0.25, 0.3) is 10.9 Å². The number of nitrogens with one attached hydrogen (secondary N) is 1. The third kappa shape index (κ3) is 1.71. The van der Waals surface area contributed by atoms with Gasteiger partial charge in [0.25, 0.3) is 0 Å². The standard InChI is InChI=1S/C13H17N3/c1-10-4-2-5-11-8-16(15-13(10)11)9-12-6-3-7-14-12/h2,4-5,8,12,14H,3,6-7,9H2,1H3. The summed E-state index contributed by atoms with van der Waals surface area (Å²) in [4.78, 5) is 0. The van der Waals surface area contributed by atoms with Crippen molar-refractivity contribution in [3.8, 4) is 0 Å². The van der Waals surface area contributed by atoms with E-state index >= 15 is 0 Å². The van der Waals surface area contributed by atoms with E-state index in [1.165, 1.54) is 23.8 Å². The highest BCUT2D eigenvalue weighted by Gasteiger charge is 2.15. The molecule has 0 spiro atoms. The van der Waals surface area contributed by atoms with Crippen molar-refractivity contribution < 1.29 is 0 Å². The Morgan fingerprint density at radius 3 is 3.19 bits per heavy atom. The molecule has 2 aromatic rings. The van der Waals surface area contributed by atoms with Crippen LogP contribution in [0.2, 0.25) is 0 Å². The molecule has 1 aliphatic heterocycles. The number of aryl methyl sites for hydroxylation is 1. The van der Waals surface area contributed by atoms with E-state index in [2.05, 4.69) is 46.4 Å². The van der Waals surface area contributed by atoms with Gasteiger partial charge in [0.05, 0.1) is 12.1 Å². The molecular weight excluding hydrogens is 198 g/mol. The van der Waals surface area contributed by atoms with E-state index in [1.807, 2.05) is 0 Å². The van der Waals surface area contributed by atoms with Crippen molar-refractivity contribution in [1.82, 2.24) is 15.1 Å². The van der Waals surface area contributed by atoms with Crippen LogP contribution in [-0.2, 0) is 6.54 Å². The van der Waals surface area contributed by atoms with E-state index in [0.29, 0.717) is 6.04 Å². The van der Waals surface area contributed by atoms with E-state index in [4.69, 9.17) is 0 Å². The van der Waals surface area contributed by atoms with Crippen LogP contribution in [-0.4, -0.2) is 22.4 Å². The van der Waals surface area contributed by atoms with Gasteiger partial charge in [-0.15, -0.1) is 0 Å². The van der Waals surface area contributed by atoms with Gasteiger partial charge in [-0.2, -0.15) is 5.10 Å². The van der Waals surface area contributed by atoms with Gasteiger partial charge in [-0.3, -0.25) is 4.68 Å². The van der Waals surface area contributed by atoms with Crippen molar-refractivity contribution in [2.24, 2.45) is 0 Å². The monoisotopic (exact) mass is 215 g/mol. The summed E-state index contributed by atoms with van der Waals surface area (Å²) in [5.74, 6) is 0. The third-order valence-corrected chi connectivity index (χ3v) is 3.36. The first-order valence-corrected chi connectivity index (χ1v) is 5.99. The predicted molar refractivity (Wildman–Crippen MR) is 65.5 cm³/mol. The summed E-state index contributed by atoms with van der Waals surface area (Å²) in [7, 11) is 0. The molecule has 1 unspecified atom stereocenters. The van der Waals surface area contributed by atoms with Gasteiger partial charge < -0.3 is 5.32 Å². The molecule has 1 aliphatic rings. The summed E-state index contributed by atoms with van der Waals surface area (Å²) in [6.45, 7) is 4.27. The summed E-state index contributed by atoms with van der Waals surface area (Å²) >= 11 is 0. The van der Waals surface area contributed by atoms with Crippen LogP contribution in [0.15, 0.2) is 24.4 Å². The molecule has 3 nitrogen and oxygen atoms in total. The molecule has 0 radical (unpaired) electrons. The summed E-state index contributed by atoms with van der Waals surface area (Å²) in [5.41, 5.74) is 2.40. The second-order valence-electron chi connectivity index (χ2n) is 4.66. The minimum absolute atomic E-state index is 0.606. The molecule has 0 amide bonds. The van der Waals surface area contributed by atoms with E-state index in [9.17, 15) is 0 Å². The molecule has 0 bridgehead atoms. The Kier molecular flexibility index (Phi) is 2.40. The Morgan fingerprint density at radius 2 is 2.44 bits per heavy atom. The fourth-order valence-electron chi connectivity index (χ4n) is 2.47. The average molecular weight is 215 g/mol. The zero-order valence-electron chi connectivity index (χ0n) is 9.61. The molecule has 3 heteroatoms. The maximum absolute atomic E-state index is 4.65. The van der Waals surface area contributed by atoms with Crippen LogP contribution < -0.4 is 5.32 Å². The van der Waals surface area contributed by atoms with Crippen molar-refractivity contribution in [1.29, 1.82) is 0 Å². The molecule has 2 heterocycles. The lowest BCUT2D eigenvalue weighted by molar-refractivity contribution is 0.478. The van der Waals surface area contributed by atoms with Crippen molar-refractivity contribution >= 4 is 10.9 Å². The molecule has 1 saturated heterocycles.